The van der Waals surface area contributed by atoms with E-state index in [9.17, 15) is 0 Å². The fraction of sp³-hybridized carbons (Fsp3) is 1.00. The van der Waals surface area contributed by atoms with Crippen LogP contribution in [0.25, 0.3) is 0 Å². The van der Waals surface area contributed by atoms with Crippen molar-refractivity contribution < 1.29 is 0 Å². The maximum absolute atomic E-state index is 3.88. The average molecular weight is 252 g/mol. The zero-order valence-corrected chi connectivity index (χ0v) is 12.5. The predicted molar refractivity (Wildman–Crippen MR) is 78.9 cm³/mol. The Morgan fingerprint density at radius 3 is 2.61 bits per heavy atom. The Labute approximate surface area is 114 Å². The topological polar surface area (TPSA) is 15.3 Å². The highest BCUT2D eigenvalue weighted by atomic mass is 15.1. The van der Waals surface area contributed by atoms with Crippen molar-refractivity contribution in [1.29, 1.82) is 0 Å². The van der Waals surface area contributed by atoms with E-state index in [1.165, 1.54) is 71.1 Å². The number of rotatable bonds is 4. The third kappa shape index (κ3) is 4.24. The number of hydrogen-bond acceptors (Lipinski definition) is 2. The summed E-state index contributed by atoms with van der Waals surface area (Å²) in [6.45, 7) is 9.86. The molecule has 1 aliphatic carbocycles. The Balaban J connectivity index is 1.69. The third-order valence-electron chi connectivity index (χ3n) is 5.23. The van der Waals surface area contributed by atoms with Crippen molar-refractivity contribution >= 4 is 0 Å². The Hall–Kier alpha value is -0.0800. The molecule has 0 bridgehead atoms. The van der Waals surface area contributed by atoms with Gasteiger partial charge in [0.1, 0.15) is 0 Å². The molecule has 1 saturated carbocycles. The summed E-state index contributed by atoms with van der Waals surface area (Å²) in [7, 11) is 0. The summed E-state index contributed by atoms with van der Waals surface area (Å²) in [5.74, 6) is 1.90. The van der Waals surface area contributed by atoms with Crippen molar-refractivity contribution in [2.45, 2.75) is 64.8 Å². The molecular formula is C16H32N2. The summed E-state index contributed by atoms with van der Waals surface area (Å²) in [5.41, 5.74) is 0. The van der Waals surface area contributed by atoms with Crippen LogP contribution in [0, 0.1) is 11.8 Å². The van der Waals surface area contributed by atoms with Crippen molar-refractivity contribution in [1.82, 2.24) is 10.2 Å². The van der Waals surface area contributed by atoms with Crippen LogP contribution in [-0.4, -0.2) is 37.1 Å². The largest absolute Gasteiger partial charge is 0.314 e. The molecule has 1 saturated heterocycles. The Morgan fingerprint density at radius 1 is 1.00 bits per heavy atom. The van der Waals surface area contributed by atoms with Gasteiger partial charge in [-0.3, -0.25) is 0 Å². The second-order valence-electron chi connectivity index (χ2n) is 6.49. The zero-order valence-electron chi connectivity index (χ0n) is 12.5. The lowest BCUT2D eigenvalue weighted by Gasteiger charge is -2.30. The minimum atomic E-state index is 0.788. The maximum atomic E-state index is 3.88. The first-order valence-corrected chi connectivity index (χ1v) is 8.25. The highest BCUT2D eigenvalue weighted by molar-refractivity contribution is 4.79. The Kier molecular flexibility index (Phi) is 5.97. The second kappa shape index (κ2) is 7.49. The van der Waals surface area contributed by atoms with Crippen LogP contribution in [-0.2, 0) is 0 Å². The molecule has 0 spiro atoms. The molecule has 3 atom stereocenters. The molecule has 1 N–H and O–H groups in total. The van der Waals surface area contributed by atoms with E-state index in [1.54, 1.807) is 0 Å². The van der Waals surface area contributed by atoms with E-state index >= 15 is 0 Å². The van der Waals surface area contributed by atoms with Gasteiger partial charge in [0, 0.05) is 6.04 Å². The molecular weight excluding hydrogens is 220 g/mol. The van der Waals surface area contributed by atoms with Gasteiger partial charge in [0.15, 0.2) is 0 Å². The van der Waals surface area contributed by atoms with Crippen molar-refractivity contribution in [3.05, 3.63) is 0 Å². The average Bonchev–Trinajstić information content (AvgIpc) is 2.63. The lowest BCUT2D eigenvalue weighted by molar-refractivity contribution is 0.236. The zero-order chi connectivity index (χ0) is 12.8. The van der Waals surface area contributed by atoms with Crippen LogP contribution in [0.2, 0.25) is 0 Å². The molecule has 3 unspecified atom stereocenters. The van der Waals surface area contributed by atoms with Crippen LogP contribution < -0.4 is 5.32 Å². The van der Waals surface area contributed by atoms with E-state index in [0.29, 0.717) is 0 Å². The van der Waals surface area contributed by atoms with Gasteiger partial charge in [0.25, 0.3) is 0 Å². The molecule has 18 heavy (non-hydrogen) atoms. The van der Waals surface area contributed by atoms with Gasteiger partial charge in [0.2, 0.25) is 0 Å². The van der Waals surface area contributed by atoms with Gasteiger partial charge in [-0.25, -0.2) is 0 Å². The molecule has 2 heteroatoms. The van der Waals surface area contributed by atoms with E-state index in [4.69, 9.17) is 0 Å². The first kappa shape index (κ1) is 14.3. The number of nitrogens with zero attached hydrogens (tertiary/aromatic N) is 1. The van der Waals surface area contributed by atoms with Crippen molar-refractivity contribution in [2.75, 3.05) is 26.2 Å². The number of nitrogens with one attached hydrogen (secondary N) is 1. The Morgan fingerprint density at radius 2 is 1.83 bits per heavy atom. The summed E-state index contributed by atoms with van der Waals surface area (Å²) in [6.07, 6.45) is 9.97. The van der Waals surface area contributed by atoms with Crippen molar-refractivity contribution in [3.63, 3.8) is 0 Å². The van der Waals surface area contributed by atoms with Crippen molar-refractivity contribution in [2.24, 2.45) is 11.8 Å². The van der Waals surface area contributed by atoms with Crippen LogP contribution >= 0.6 is 0 Å². The van der Waals surface area contributed by atoms with Crippen LogP contribution in [0.3, 0.4) is 0 Å². The van der Waals surface area contributed by atoms with E-state index in [1.807, 2.05) is 0 Å². The van der Waals surface area contributed by atoms with Crippen molar-refractivity contribution in [3.8, 4) is 0 Å². The predicted octanol–water partition coefficient (Wildman–Crippen LogP) is 3.28. The van der Waals surface area contributed by atoms with E-state index in [0.717, 1.165) is 17.9 Å². The first-order valence-electron chi connectivity index (χ1n) is 8.25. The van der Waals surface area contributed by atoms with Gasteiger partial charge < -0.3 is 10.2 Å². The van der Waals surface area contributed by atoms with E-state index < -0.39 is 0 Å². The van der Waals surface area contributed by atoms with Crippen LogP contribution in [0.5, 0.6) is 0 Å². The molecule has 0 aromatic rings. The number of likely N-dealkylation sites (tertiary alicyclic amines) is 1. The molecule has 106 valence electrons. The summed E-state index contributed by atoms with van der Waals surface area (Å²) in [4.78, 5) is 2.60. The second-order valence-corrected chi connectivity index (χ2v) is 6.49. The molecule has 2 fully saturated rings. The SMILES string of the molecule is CCN1CCCC(NCC2CCCCC2C)CC1. The molecule has 2 rings (SSSR count). The van der Waals surface area contributed by atoms with Gasteiger partial charge >= 0.3 is 0 Å². The molecule has 0 radical (unpaired) electrons. The normalized spacial score (nSPS) is 35.3. The molecule has 0 amide bonds. The molecule has 1 heterocycles. The molecule has 2 aliphatic rings. The number of hydrogen-bond donors (Lipinski definition) is 1. The lowest BCUT2D eigenvalue weighted by Crippen LogP contribution is -2.37. The molecule has 0 aromatic heterocycles. The Bertz CT molecular complexity index is 229. The quantitative estimate of drug-likeness (QED) is 0.826. The van der Waals surface area contributed by atoms with Gasteiger partial charge in [-0.15, -0.1) is 0 Å². The highest BCUT2D eigenvalue weighted by Gasteiger charge is 2.22. The fourth-order valence-electron chi connectivity index (χ4n) is 3.69. The summed E-state index contributed by atoms with van der Waals surface area (Å²) < 4.78 is 0. The van der Waals surface area contributed by atoms with Crippen LogP contribution in [0.15, 0.2) is 0 Å². The summed E-state index contributed by atoms with van der Waals surface area (Å²) in [6, 6.07) is 0.788. The minimum Gasteiger partial charge on any atom is -0.314 e. The standard InChI is InChI=1S/C16H32N2/c1-3-18-11-6-9-16(10-12-18)17-13-15-8-5-4-7-14(15)2/h14-17H,3-13H2,1-2H3. The first-order chi connectivity index (χ1) is 8.79. The summed E-state index contributed by atoms with van der Waals surface area (Å²) >= 11 is 0. The smallest absolute Gasteiger partial charge is 0.00798 e. The molecule has 0 aromatic carbocycles. The van der Waals surface area contributed by atoms with Crippen LogP contribution in [0.4, 0.5) is 0 Å². The molecule has 1 aliphatic heterocycles. The minimum absolute atomic E-state index is 0.788. The highest BCUT2D eigenvalue weighted by Crippen LogP contribution is 2.29. The van der Waals surface area contributed by atoms with E-state index in [2.05, 4.69) is 24.1 Å². The third-order valence-corrected chi connectivity index (χ3v) is 5.23. The van der Waals surface area contributed by atoms with Gasteiger partial charge in [0.05, 0.1) is 0 Å². The molecule has 2 nitrogen and oxygen atoms in total. The fourth-order valence-corrected chi connectivity index (χ4v) is 3.69. The van der Waals surface area contributed by atoms with Gasteiger partial charge in [-0.1, -0.05) is 33.1 Å². The summed E-state index contributed by atoms with van der Waals surface area (Å²) in [5, 5.41) is 3.88. The van der Waals surface area contributed by atoms with Gasteiger partial charge in [-0.2, -0.15) is 0 Å². The maximum Gasteiger partial charge on any atom is 0.00798 e. The van der Waals surface area contributed by atoms with Crippen LogP contribution in [0.1, 0.15) is 58.8 Å². The van der Waals surface area contributed by atoms with Gasteiger partial charge in [-0.05, 0) is 63.7 Å². The lowest BCUT2D eigenvalue weighted by atomic mass is 9.80. The monoisotopic (exact) mass is 252 g/mol. The van der Waals surface area contributed by atoms with E-state index in [-0.39, 0.29) is 0 Å².